The van der Waals surface area contributed by atoms with E-state index in [1.165, 1.54) is 18.2 Å². The van der Waals surface area contributed by atoms with Crippen molar-refractivity contribution in [1.82, 2.24) is 0 Å². The average Bonchev–Trinajstić information content (AvgIpc) is 2.45. The maximum Gasteiger partial charge on any atom is 0.387 e. The molecule has 128 valence electrons. The highest BCUT2D eigenvalue weighted by molar-refractivity contribution is 7.92. The van der Waals surface area contributed by atoms with Crippen LogP contribution in [0.4, 0.5) is 14.5 Å². The molecule has 2 aromatic rings. The lowest BCUT2D eigenvalue weighted by molar-refractivity contribution is -0.0498. The van der Waals surface area contributed by atoms with E-state index in [0.29, 0.717) is 0 Å². The van der Waals surface area contributed by atoms with E-state index in [1.54, 1.807) is 0 Å². The first-order valence-corrected chi connectivity index (χ1v) is 8.16. The summed E-state index contributed by atoms with van der Waals surface area (Å²) in [5, 5.41) is 8.62. The number of anilines is 1. The van der Waals surface area contributed by atoms with E-state index in [9.17, 15) is 22.0 Å². The summed E-state index contributed by atoms with van der Waals surface area (Å²) in [6, 6.07) is 8.08. The molecule has 0 heterocycles. The maximum absolute atomic E-state index is 12.3. The molecular weight excluding hydrogens is 368 g/mol. The zero-order valence-electron chi connectivity index (χ0n) is 11.7. The van der Waals surface area contributed by atoms with E-state index >= 15 is 0 Å². The van der Waals surface area contributed by atoms with E-state index in [4.69, 9.17) is 16.7 Å². The van der Waals surface area contributed by atoms with Gasteiger partial charge in [0.25, 0.3) is 10.0 Å². The number of halogens is 3. The molecule has 0 aliphatic carbocycles. The van der Waals surface area contributed by atoms with Crippen LogP contribution in [0.25, 0.3) is 0 Å². The summed E-state index contributed by atoms with van der Waals surface area (Å²) >= 11 is 5.74. The van der Waals surface area contributed by atoms with Crippen molar-refractivity contribution in [2.75, 3.05) is 4.72 Å². The summed E-state index contributed by atoms with van der Waals surface area (Å²) in [5.41, 5.74) is -0.255. The normalized spacial score (nSPS) is 11.3. The zero-order valence-corrected chi connectivity index (χ0v) is 13.3. The Hall–Kier alpha value is -2.39. The van der Waals surface area contributed by atoms with Gasteiger partial charge in [-0.15, -0.1) is 0 Å². The van der Waals surface area contributed by atoms with Crippen LogP contribution in [0, 0.1) is 0 Å². The average molecular weight is 378 g/mol. The van der Waals surface area contributed by atoms with Crippen LogP contribution in [0.2, 0.25) is 5.02 Å². The number of carboxylic acid groups (broad SMARTS) is 1. The summed E-state index contributed by atoms with van der Waals surface area (Å²) in [7, 11) is -4.09. The number of alkyl halides is 2. The van der Waals surface area contributed by atoms with Crippen LogP contribution in [0.1, 0.15) is 10.4 Å². The highest BCUT2D eigenvalue weighted by atomic mass is 35.5. The molecule has 24 heavy (non-hydrogen) atoms. The lowest BCUT2D eigenvalue weighted by atomic mass is 10.2. The number of carboxylic acids is 1. The second kappa shape index (κ2) is 7.02. The quantitative estimate of drug-likeness (QED) is 0.804. The van der Waals surface area contributed by atoms with E-state index in [1.807, 2.05) is 0 Å². The number of aromatic carboxylic acids is 1. The van der Waals surface area contributed by atoms with E-state index < -0.39 is 22.6 Å². The minimum Gasteiger partial charge on any atom is -0.478 e. The number of rotatable bonds is 6. The van der Waals surface area contributed by atoms with Crippen molar-refractivity contribution in [3.63, 3.8) is 0 Å². The third-order valence-corrected chi connectivity index (χ3v) is 4.48. The molecule has 6 nitrogen and oxygen atoms in total. The number of ether oxygens (including phenoxy) is 1. The van der Waals surface area contributed by atoms with Crippen molar-refractivity contribution < 1.29 is 31.8 Å². The van der Waals surface area contributed by atoms with Gasteiger partial charge in [-0.1, -0.05) is 17.7 Å². The first-order valence-electron chi connectivity index (χ1n) is 6.29. The fourth-order valence-corrected chi connectivity index (χ4v) is 3.19. The standard InChI is InChI=1S/C14H10ClF2NO5S/c15-12-7-10(4-5-11(12)13(19)20)24(21,22)18-8-2-1-3-9(6-8)23-14(16)17/h1-7,14,18H,(H,19,20). The Kier molecular flexibility index (Phi) is 5.25. The predicted molar refractivity (Wildman–Crippen MR) is 82.3 cm³/mol. The van der Waals surface area contributed by atoms with Gasteiger partial charge in [-0.3, -0.25) is 4.72 Å². The van der Waals surface area contributed by atoms with Crippen LogP contribution >= 0.6 is 11.6 Å². The fraction of sp³-hybridized carbons (Fsp3) is 0.0714. The number of benzene rings is 2. The second-order valence-corrected chi connectivity index (χ2v) is 6.55. The van der Waals surface area contributed by atoms with Crippen molar-refractivity contribution >= 4 is 33.3 Å². The molecule has 0 radical (unpaired) electrons. The number of hydrogen-bond acceptors (Lipinski definition) is 4. The van der Waals surface area contributed by atoms with Crippen LogP contribution < -0.4 is 9.46 Å². The van der Waals surface area contributed by atoms with Gasteiger partial charge < -0.3 is 9.84 Å². The first-order chi connectivity index (χ1) is 11.2. The number of carbonyl (C=O) groups is 1. The molecule has 0 aliphatic heterocycles. The zero-order chi connectivity index (χ0) is 17.9. The van der Waals surface area contributed by atoms with Gasteiger partial charge in [0.15, 0.2) is 0 Å². The third kappa shape index (κ3) is 4.33. The van der Waals surface area contributed by atoms with Crippen molar-refractivity contribution in [2.45, 2.75) is 11.5 Å². The van der Waals surface area contributed by atoms with Crippen molar-refractivity contribution in [3.05, 3.63) is 53.1 Å². The molecule has 0 saturated carbocycles. The van der Waals surface area contributed by atoms with Gasteiger partial charge in [-0.05, 0) is 30.3 Å². The largest absolute Gasteiger partial charge is 0.478 e. The third-order valence-electron chi connectivity index (χ3n) is 2.79. The lowest BCUT2D eigenvalue weighted by Gasteiger charge is -2.11. The second-order valence-electron chi connectivity index (χ2n) is 4.46. The van der Waals surface area contributed by atoms with Crippen LogP contribution in [0.15, 0.2) is 47.4 Å². The summed E-state index contributed by atoms with van der Waals surface area (Å²) in [5.74, 6) is -1.52. The predicted octanol–water partition coefficient (Wildman–Crippen LogP) is 3.44. The summed E-state index contributed by atoms with van der Waals surface area (Å²) in [6.07, 6.45) is 0. The Morgan fingerprint density at radius 1 is 1.21 bits per heavy atom. The highest BCUT2D eigenvalue weighted by Gasteiger charge is 2.18. The fourth-order valence-electron chi connectivity index (χ4n) is 1.79. The monoisotopic (exact) mass is 377 g/mol. The molecule has 0 saturated heterocycles. The van der Waals surface area contributed by atoms with E-state index in [2.05, 4.69) is 9.46 Å². The minimum atomic E-state index is -4.09. The van der Waals surface area contributed by atoms with Crippen molar-refractivity contribution in [3.8, 4) is 5.75 Å². The van der Waals surface area contributed by atoms with E-state index in [-0.39, 0.29) is 26.9 Å². The maximum atomic E-state index is 12.3. The molecule has 0 fully saturated rings. The van der Waals surface area contributed by atoms with Gasteiger partial charge in [0.2, 0.25) is 0 Å². The molecule has 0 atom stereocenters. The van der Waals surface area contributed by atoms with Gasteiger partial charge >= 0.3 is 12.6 Å². The molecule has 0 aliphatic rings. The molecule has 0 unspecified atom stereocenters. The number of nitrogens with one attached hydrogen (secondary N) is 1. The van der Waals surface area contributed by atoms with Gasteiger partial charge in [-0.25, -0.2) is 13.2 Å². The van der Waals surface area contributed by atoms with Crippen molar-refractivity contribution in [2.24, 2.45) is 0 Å². The van der Waals surface area contributed by atoms with Crippen LogP contribution in [-0.4, -0.2) is 26.1 Å². The molecule has 0 amide bonds. The Labute approximate surface area is 140 Å². The molecule has 2 rings (SSSR count). The molecule has 2 aromatic carbocycles. The highest BCUT2D eigenvalue weighted by Crippen LogP contribution is 2.25. The van der Waals surface area contributed by atoms with Crippen LogP contribution in [0.3, 0.4) is 0 Å². The number of sulfonamides is 1. The summed E-state index contributed by atoms with van der Waals surface area (Å²) in [6.45, 7) is -3.04. The Balaban J connectivity index is 2.28. The van der Waals surface area contributed by atoms with Gasteiger partial charge in [-0.2, -0.15) is 8.78 Å². The first kappa shape index (κ1) is 18.0. The smallest absolute Gasteiger partial charge is 0.387 e. The Morgan fingerprint density at radius 3 is 2.50 bits per heavy atom. The molecule has 2 N–H and O–H groups in total. The van der Waals surface area contributed by atoms with Crippen molar-refractivity contribution in [1.29, 1.82) is 0 Å². The lowest BCUT2D eigenvalue weighted by Crippen LogP contribution is -2.13. The number of hydrogen-bond donors (Lipinski definition) is 2. The summed E-state index contributed by atoms with van der Waals surface area (Å²) in [4.78, 5) is 10.6. The van der Waals surface area contributed by atoms with Crippen LogP contribution in [0.5, 0.6) is 5.75 Å². The molecule has 0 aromatic heterocycles. The van der Waals surface area contributed by atoms with E-state index in [0.717, 1.165) is 24.3 Å². The molecule has 0 bridgehead atoms. The Morgan fingerprint density at radius 2 is 1.92 bits per heavy atom. The summed E-state index contributed by atoms with van der Waals surface area (Å²) < 4.78 is 55.2. The molecular formula is C14H10ClF2NO5S. The van der Waals surface area contributed by atoms with Gasteiger partial charge in [0.1, 0.15) is 5.75 Å². The van der Waals surface area contributed by atoms with Gasteiger partial charge in [0.05, 0.1) is 21.2 Å². The SMILES string of the molecule is O=C(O)c1ccc(S(=O)(=O)Nc2cccc(OC(F)F)c2)cc1Cl. The molecule has 0 spiro atoms. The molecule has 10 heteroatoms. The Bertz CT molecular complexity index is 873. The minimum absolute atomic E-state index is 0.00779. The topological polar surface area (TPSA) is 92.7 Å². The van der Waals surface area contributed by atoms with Crippen LogP contribution in [-0.2, 0) is 10.0 Å². The van der Waals surface area contributed by atoms with Gasteiger partial charge in [0, 0.05) is 6.07 Å².